The van der Waals surface area contributed by atoms with Crippen LogP contribution in [0.2, 0.25) is 0 Å². The van der Waals surface area contributed by atoms with Crippen molar-refractivity contribution in [1.82, 2.24) is 19.3 Å². The van der Waals surface area contributed by atoms with Crippen LogP contribution in [0.15, 0.2) is 65.8 Å². The Bertz CT molecular complexity index is 1180. The number of anilines is 2. The van der Waals surface area contributed by atoms with Crippen LogP contribution in [-0.4, -0.2) is 59.8 Å². The van der Waals surface area contributed by atoms with Gasteiger partial charge in [0.15, 0.2) is 5.69 Å². The van der Waals surface area contributed by atoms with E-state index >= 15 is 0 Å². The maximum absolute atomic E-state index is 12.8. The molecule has 1 N–H and O–H groups in total. The summed E-state index contributed by atoms with van der Waals surface area (Å²) in [5, 5.41) is 2.72. The molecule has 0 spiro atoms. The maximum atomic E-state index is 12.8. The predicted molar refractivity (Wildman–Crippen MR) is 121 cm³/mol. The van der Waals surface area contributed by atoms with E-state index in [2.05, 4.69) is 20.3 Å². The molecule has 4 rings (SSSR count). The third-order valence-electron chi connectivity index (χ3n) is 5.01. The highest BCUT2D eigenvalue weighted by Gasteiger charge is 2.29. The largest absolute Gasteiger partial charge is 0.353 e. The Morgan fingerprint density at radius 2 is 1.71 bits per heavy atom. The molecule has 0 bridgehead atoms. The Morgan fingerprint density at radius 3 is 2.39 bits per heavy atom. The van der Waals surface area contributed by atoms with Gasteiger partial charge in [0.25, 0.3) is 5.91 Å². The van der Waals surface area contributed by atoms with Crippen molar-refractivity contribution < 1.29 is 16.1 Å². The number of carbonyl (C=O) groups is 1. The summed E-state index contributed by atoms with van der Waals surface area (Å²) in [6.07, 6.45) is 3.20. The first-order valence-electron chi connectivity index (χ1n) is 9.81. The van der Waals surface area contributed by atoms with E-state index in [0.717, 1.165) is 0 Å². The molecule has 0 atom stereocenters. The molecule has 1 aliphatic rings. The second kappa shape index (κ2) is 8.78. The molecular formula is C21H26N6O3S. The topological polar surface area (TPSA) is 108 Å². The predicted octanol–water partition coefficient (Wildman–Crippen LogP) is 2.44. The van der Waals surface area contributed by atoms with E-state index in [1.54, 1.807) is 67.8 Å². The van der Waals surface area contributed by atoms with Crippen LogP contribution in [0.1, 0.15) is 19.0 Å². The van der Waals surface area contributed by atoms with Gasteiger partial charge in [-0.2, -0.15) is 4.31 Å². The van der Waals surface area contributed by atoms with Crippen molar-refractivity contribution in [3.05, 3.63) is 72.3 Å². The number of nitrogens with zero attached hydrogens (tertiary/aromatic N) is 5. The van der Waals surface area contributed by atoms with E-state index in [4.69, 9.17) is 0 Å². The molecule has 3 aromatic rings. The van der Waals surface area contributed by atoms with Crippen LogP contribution in [0.5, 0.6) is 0 Å². The van der Waals surface area contributed by atoms with Gasteiger partial charge in [-0.05, 0) is 31.2 Å². The molecule has 1 amide bonds. The normalized spacial score (nSPS) is 14.9. The fourth-order valence-corrected chi connectivity index (χ4v) is 4.76. The van der Waals surface area contributed by atoms with Gasteiger partial charge in [0.2, 0.25) is 10.0 Å². The standard InChI is InChI=1S/C21H22N6O3S.2H2/c1-16-20(21(28)24-18-9-5-6-10-22-18)25-19(15-23-16)26-11-13-27(14-12-26)31(29,30)17-7-3-2-4-8-17;;/h2-10,15H,11-14H2,1H3,(H,22,24,28);2*1H. The van der Waals surface area contributed by atoms with Gasteiger partial charge in [0, 0.05) is 35.2 Å². The lowest BCUT2D eigenvalue weighted by atomic mass is 10.3. The number of amides is 1. The van der Waals surface area contributed by atoms with E-state index in [9.17, 15) is 13.2 Å². The van der Waals surface area contributed by atoms with Crippen molar-refractivity contribution >= 4 is 27.6 Å². The first-order chi connectivity index (χ1) is 14.9. The molecule has 1 saturated heterocycles. The summed E-state index contributed by atoms with van der Waals surface area (Å²) in [7, 11) is -3.53. The zero-order valence-corrected chi connectivity index (χ0v) is 17.8. The van der Waals surface area contributed by atoms with Gasteiger partial charge in [0.05, 0.1) is 16.8 Å². The molecule has 0 aliphatic carbocycles. The van der Waals surface area contributed by atoms with E-state index in [0.29, 0.717) is 43.5 Å². The van der Waals surface area contributed by atoms with E-state index in [1.807, 2.05) is 4.90 Å². The number of aromatic nitrogens is 3. The lowest BCUT2D eigenvalue weighted by molar-refractivity contribution is 0.102. The van der Waals surface area contributed by atoms with Crippen molar-refractivity contribution in [3.63, 3.8) is 0 Å². The van der Waals surface area contributed by atoms with E-state index < -0.39 is 15.9 Å². The molecule has 0 saturated carbocycles. The van der Waals surface area contributed by atoms with Gasteiger partial charge in [-0.1, -0.05) is 24.3 Å². The Balaban J connectivity index is 0.00000193. The zero-order valence-electron chi connectivity index (χ0n) is 17.0. The summed E-state index contributed by atoms with van der Waals surface area (Å²) in [6.45, 7) is 3.26. The zero-order chi connectivity index (χ0) is 21.8. The van der Waals surface area contributed by atoms with Crippen LogP contribution >= 0.6 is 0 Å². The Morgan fingerprint density at radius 1 is 1.00 bits per heavy atom. The molecule has 2 aromatic heterocycles. The number of piperazine rings is 1. The Kier molecular flexibility index (Phi) is 5.92. The van der Waals surface area contributed by atoms with Crippen LogP contribution < -0.4 is 10.2 Å². The molecule has 1 fully saturated rings. The van der Waals surface area contributed by atoms with E-state index in [-0.39, 0.29) is 13.4 Å². The third kappa shape index (κ3) is 4.54. The fraction of sp³-hybridized carbons (Fsp3) is 0.238. The minimum atomic E-state index is -3.53. The van der Waals surface area contributed by atoms with E-state index in [1.165, 1.54) is 4.31 Å². The highest BCUT2D eigenvalue weighted by Crippen LogP contribution is 2.20. The summed E-state index contributed by atoms with van der Waals surface area (Å²) in [5.41, 5.74) is 0.713. The molecule has 0 radical (unpaired) electrons. The number of rotatable bonds is 5. The summed E-state index contributed by atoms with van der Waals surface area (Å²) in [6, 6.07) is 13.6. The van der Waals surface area contributed by atoms with Crippen LogP contribution in [0.3, 0.4) is 0 Å². The third-order valence-corrected chi connectivity index (χ3v) is 6.92. The number of hydrogen-bond acceptors (Lipinski definition) is 7. The monoisotopic (exact) mass is 442 g/mol. The first-order valence-corrected chi connectivity index (χ1v) is 11.3. The number of benzene rings is 1. The Labute approximate surface area is 183 Å². The highest BCUT2D eigenvalue weighted by molar-refractivity contribution is 7.89. The summed E-state index contributed by atoms with van der Waals surface area (Å²) >= 11 is 0. The number of sulfonamides is 1. The SMILES string of the molecule is Cc1ncc(N2CCN(S(=O)(=O)c3ccccc3)CC2)nc1C(=O)Nc1ccccn1.[HH].[HH]. The van der Waals surface area contributed by atoms with Crippen LogP contribution in [0, 0.1) is 6.92 Å². The van der Waals surface area contributed by atoms with Gasteiger partial charge in [-0.25, -0.2) is 18.4 Å². The molecular weight excluding hydrogens is 416 g/mol. The van der Waals surface area contributed by atoms with Gasteiger partial charge < -0.3 is 10.2 Å². The first kappa shape index (κ1) is 20.9. The number of pyridine rings is 1. The summed E-state index contributed by atoms with van der Waals surface area (Å²) in [4.78, 5) is 27.8. The smallest absolute Gasteiger partial charge is 0.277 e. The van der Waals surface area contributed by atoms with Gasteiger partial charge >= 0.3 is 0 Å². The second-order valence-corrected chi connectivity index (χ2v) is 8.97. The molecule has 0 unspecified atom stereocenters. The van der Waals surface area contributed by atoms with Crippen molar-refractivity contribution in [2.45, 2.75) is 11.8 Å². The number of aryl methyl sites for hydroxylation is 1. The summed E-state index contributed by atoms with van der Waals surface area (Å²) in [5.74, 6) is 0.572. The van der Waals surface area contributed by atoms with Gasteiger partial charge in [-0.3, -0.25) is 9.78 Å². The Hall–Kier alpha value is -3.37. The van der Waals surface area contributed by atoms with Gasteiger partial charge in [-0.15, -0.1) is 0 Å². The van der Waals surface area contributed by atoms with Crippen molar-refractivity contribution in [2.75, 3.05) is 36.4 Å². The second-order valence-electron chi connectivity index (χ2n) is 7.04. The molecule has 9 nitrogen and oxygen atoms in total. The number of nitrogens with one attached hydrogen (secondary N) is 1. The average Bonchev–Trinajstić information content (AvgIpc) is 2.80. The number of carbonyl (C=O) groups excluding carboxylic acids is 1. The average molecular weight is 443 g/mol. The molecule has 3 heterocycles. The quantitative estimate of drug-likeness (QED) is 0.646. The van der Waals surface area contributed by atoms with Crippen LogP contribution in [-0.2, 0) is 10.0 Å². The van der Waals surface area contributed by atoms with Crippen molar-refractivity contribution in [2.24, 2.45) is 0 Å². The molecule has 1 aliphatic heterocycles. The van der Waals surface area contributed by atoms with Crippen molar-refractivity contribution in [1.29, 1.82) is 0 Å². The fourth-order valence-electron chi connectivity index (χ4n) is 3.32. The maximum Gasteiger partial charge on any atom is 0.277 e. The molecule has 164 valence electrons. The van der Waals surface area contributed by atoms with Crippen LogP contribution in [0.25, 0.3) is 0 Å². The van der Waals surface area contributed by atoms with Gasteiger partial charge in [0.1, 0.15) is 11.6 Å². The summed E-state index contributed by atoms with van der Waals surface area (Å²) < 4.78 is 27.1. The minimum Gasteiger partial charge on any atom is -0.353 e. The minimum absolute atomic E-state index is 0. The number of hydrogen-bond donors (Lipinski definition) is 1. The lowest BCUT2D eigenvalue weighted by Crippen LogP contribution is -2.49. The molecule has 31 heavy (non-hydrogen) atoms. The molecule has 1 aromatic carbocycles. The highest BCUT2D eigenvalue weighted by atomic mass is 32.2. The van der Waals surface area contributed by atoms with Crippen LogP contribution in [0.4, 0.5) is 11.6 Å². The molecule has 10 heteroatoms. The lowest BCUT2D eigenvalue weighted by Gasteiger charge is -2.34. The van der Waals surface area contributed by atoms with Crippen molar-refractivity contribution in [3.8, 4) is 0 Å².